The summed E-state index contributed by atoms with van der Waals surface area (Å²) in [5.41, 5.74) is 4.49. The number of rotatable bonds is 4. The van der Waals surface area contributed by atoms with Gasteiger partial charge in [-0.05, 0) is 25.8 Å². The molecule has 9 heteroatoms. The minimum absolute atomic E-state index is 0.141. The van der Waals surface area contributed by atoms with E-state index in [0.29, 0.717) is 29.9 Å². The molecule has 2 amide bonds. The number of nitro benzene ring substituents is 1. The Hall–Kier alpha value is -3.49. The Morgan fingerprint density at radius 2 is 2.04 bits per heavy atom. The number of benzene rings is 1. The van der Waals surface area contributed by atoms with Crippen molar-refractivity contribution >= 4 is 23.2 Å². The van der Waals surface area contributed by atoms with Crippen LogP contribution >= 0.6 is 0 Å². The first-order valence-corrected chi connectivity index (χ1v) is 8.75. The number of non-ortho nitro benzene ring substituents is 1. The van der Waals surface area contributed by atoms with Gasteiger partial charge in [0, 0.05) is 49.3 Å². The first-order valence-electron chi connectivity index (χ1n) is 8.75. The number of furan rings is 1. The second kappa shape index (κ2) is 7.63. The Balaban J connectivity index is 1.87. The maximum absolute atomic E-state index is 12.3. The van der Waals surface area contributed by atoms with Crippen molar-refractivity contribution in [3.8, 4) is 0 Å². The molecule has 1 aromatic carbocycles. The number of nitro groups is 1. The number of hydrazone groups is 1. The summed E-state index contributed by atoms with van der Waals surface area (Å²) in [5, 5.41) is 15.1. The molecule has 0 saturated heterocycles. The van der Waals surface area contributed by atoms with Gasteiger partial charge in [0.1, 0.15) is 5.76 Å². The summed E-state index contributed by atoms with van der Waals surface area (Å²) in [6, 6.07) is 5.43. The summed E-state index contributed by atoms with van der Waals surface area (Å²) >= 11 is 0. The van der Waals surface area contributed by atoms with Crippen LogP contribution in [0.15, 0.2) is 33.8 Å². The molecule has 1 aliphatic carbocycles. The van der Waals surface area contributed by atoms with Crippen LogP contribution in [0.5, 0.6) is 0 Å². The van der Waals surface area contributed by atoms with E-state index >= 15 is 0 Å². The Bertz CT molecular complexity index is 990. The van der Waals surface area contributed by atoms with Crippen LogP contribution in [0.3, 0.4) is 0 Å². The van der Waals surface area contributed by atoms with Gasteiger partial charge in [-0.3, -0.25) is 19.7 Å². The molecule has 28 heavy (non-hydrogen) atoms. The van der Waals surface area contributed by atoms with Crippen molar-refractivity contribution in [2.24, 2.45) is 5.10 Å². The molecule has 1 N–H and O–H groups in total. The Morgan fingerprint density at radius 1 is 1.29 bits per heavy atom. The van der Waals surface area contributed by atoms with E-state index in [1.165, 1.54) is 29.2 Å². The largest absolute Gasteiger partial charge is 0.455 e. The number of aryl methyl sites for hydroxylation is 1. The van der Waals surface area contributed by atoms with E-state index in [9.17, 15) is 19.7 Å². The third-order valence-corrected chi connectivity index (χ3v) is 4.54. The maximum Gasteiger partial charge on any atom is 0.289 e. The highest BCUT2D eigenvalue weighted by atomic mass is 16.6. The summed E-state index contributed by atoms with van der Waals surface area (Å²) in [4.78, 5) is 36.4. The molecule has 2 aromatic rings. The SMILES string of the molecule is Cc1c(C(=O)N(C)C)oc2c1/C(=N/NC(=O)c1cccc([N+](=O)[O-])c1)CCC2. The lowest BCUT2D eigenvalue weighted by Crippen LogP contribution is -2.23. The summed E-state index contributed by atoms with van der Waals surface area (Å²) in [5.74, 6) is 0.174. The molecule has 0 aliphatic heterocycles. The predicted molar refractivity (Wildman–Crippen MR) is 102 cm³/mol. The van der Waals surface area contributed by atoms with Gasteiger partial charge in [0.25, 0.3) is 17.5 Å². The van der Waals surface area contributed by atoms with Crippen molar-refractivity contribution in [2.45, 2.75) is 26.2 Å². The van der Waals surface area contributed by atoms with Crippen molar-refractivity contribution in [1.82, 2.24) is 10.3 Å². The first-order chi connectivity index (χ1) is 13.3. The molecular formula is C19H20N4O5. The summed E-state index contributed by atoms with van der Waals surface area (Å²) < 4.78 is 5.76. The molecule has 1 heterocycles. The smallest absolute Gasteiger partial charge is 0.289 e. The number of hydrogen-bond acceptors (Lipinski definition) is 6. The van der Waals surface area contributed by atoms with Gasteiger partial charge in [0.15, 0.2) is 5.76 Å². The fourth-order valence-electron chi connectivity index (χ4n) is 3.13. The van der Waals surface area contributed by atoms with Crippen LogP contribution in [0.2, 0.25) is 0 Å². The van der Waals surface area contributed by atoms with Crippen LogP contribution in [-0.2, 0) is 6.42 Å². The fourth-order valence-corrected chi connectivity index (χ4v) is 3.13. The van der Waals surface area contributed by atoms with Crippen LogP contribution in [0.4, 0.5) is 5.69 Å². The fraction of sp³-hybridized carbons (Fsp3) is 0.316. The molecule has 0 bridgehead atoms. The molecule has 0 spiro atoms. The molecule has 3 rings (SSSR count). The summed E-state index contributed by atoms with van der Waals surface area (Å²) in [6.07, 6.45) is 2.09. The van der Waals surface area contributed by atoms with Crippen molar-refractivity contribution in [3.63, 3.8) is 0 Å². The number of nitrogens with zero attached hydrogens (tertiary/aromatic N) is 3. The zero-order valence-electron chi connectivity index (χ0n) is 15.8. The molecule has 0 fully saturated rings. The third-order valence-electron chi connectivity index (χ3n) is 4.54. The predicted octanol–water partition coefficient (Wildman–Crippen LogP) is 2.67. The highest BCUT2D eigenvalue weighted by molar-refractivity contribution is 6.07. The van der Waals surface area contributed by atoms with Gasteiger partial charge in [-0.25, -0.2) is 5.43 Å². The molecule has 1 aromatic heterocycles. The number of nitrogens with one attached hydrogen (secondary N) is 1. The molecule has 0 atom stereocenters. The number of amides is 2. The number of fused-ring (bicyclic) bond motifs is 1. The quantitative estimate of drug-likeness (QED) is 0.642. The van der Waals surface area contributed by atoms with E-state index < -0.39 is 10.8 Å². The van der Waals surface area contributed by atoms with Gasteiger partial charge >= 0.3 is 0 Å². The van der Waals surface area contributed by atoms with Gasteiger partial charge in [0.05, 0.1) is 10.6 Å². The lowest BCUT2D eigenvalue weighted by molar-refractivity contribution is -0.384. The average Bonchev–Trinajstić information content (AvgIpc) is 3.02. The maximum atomic E-state index is 12.3. The number of hydrogen-bond donors (Lipinski definition) is 1. The third kappa shape index (κ3) is 3.64. The zero-order valence-corrected chi connectivity index (χ0v) is 15.8. The molecule has 146 valence electrons. The normalized spacial score (nSPS) is 14.5. The Morgan fingerprint density at radius 3 is 2.71 bits per heavy atom. The van der Waals surface area contributed by atoms with Crippen molar-refractivity contribution < 1.29 is 18.9 Å². The summed E-state index contributed by atoms with van der Waals surface area (Å²) in [7, 11) is 3.30. The van der Waals surface area contributed by atoms with E-state index in [-0.39, 0.29) is 22.9 Å². The lowest BCUT2D eigenvalue weighted by atomic mass is 9.93. The molecule has 1 aliphatic rings. The lowest BCUT2D eigenvalue weighted by Gasteiger charge is -2.13. The number of carbonyl (C=O) groups is 2. The van der Waals surface area contributed by atoms with E-state index in [4.69, 9.17) is 4.42 Å². The standard InChI is InChI=1S/C19H20N4O5/c1-11-16-14(8-5-9-15(16)28-17(11)19(25)22(2)3)20-21-18(24)12-6-4-7-13(10-12)23(26)27/h4,6-7,10H,5,8-9H2,1-3H3,(H,21,24)/b20-14+. The average molecular weight is 384 g/mol. The van der Waals surface area contributed by atoms with Crippen molar-refractivity contribution in [2.75, 3.05) is 14.1 Å². The second-order valence-electron chi connectivity index (χ2n) is 6.71. The van der Waals surface area contributed by atoms with Gasteiger partial charge in [-0.1, -0.05) is 6.07 Å². The van der Waals surface area contributed by atoms with E-state index in [0.717, 1.165) is 12.0 Å². The van der Waals surface area contributed by atoms with Gasteiger partial charge in [0.2, 0.25) is 0 Å². The highest BCUT2D eigenvalue weighted by Gasteiger charge is 2.28. The minimum Gasteiger partial charge on any atom is -0.455 e. The van der Waals surface area contributed by atoms with Gasteiger partial charge < -0.3 is 9.32 Å². The molecule has 0 radical (unpaired) electrons. The molecule has 0 unspecified atom stereocenters. The van der Waals surface area contributed by atoms with E-state index in [1.807, 2.05) is 0 Å². The van der Waals surface area contributed by atoms with E-state index in [1.54, 1.807) is 21.0 Å². The monoisotopic (exact) mass is 384 g/mol. The van der Waals surface area contributed by atoms with Crippen LogP contribution in [-0.4, -0.2) is 41.4 Å². The van der Waals surface area contributed by atoms with Crippen LogP contribution in [0, 0.1) is 17.0 Å². The molecule has 9 nitrogen and oxygen atoms in total. The first kappa shape index (κ1) is 19.3. The molecule has 0 saturated carbocycles. The molecular weight excluding hydrogens is 364 g/mol. The Labute approximate surface area is 161 Å². The van der Waals surface area contributed by atoms with Crippen LogP contribution < -0.4 is 5.43 Å². The van der Waals surface area contributed by atoms with Gasteiger partial charge in [-0.2, -0.15) is 5.10 Å². The second-order valence-corrected chi connectivity index (χ2v) is 6.71. The van der Waals surface area contributed by atoms with E-state index in [2.05, 4.69) is 10.5 Å². The Kier molecular flexibility index (Phi) is 5.25. The minimum atomic E-state index is -0.561. The zero-order chi connectivity index (χ0) is 20.4. The number of carbonyl (C=O) groups excluding carboxylic acids is 2. The summed E-state index contributed by atoms with van der Waals surface area (Å²) in [6.45, 7) is 1.79. The van der Waals surface area contributed by atoms with Crippen LogP contribution in [0.25, 0.3) is 0 Å². The van der Waals surface area contributed by atoms with Crippen molar-refractivity contribution in [3.05, 3.63) is 62.6 Å². The topological polar surface area (TPSA) is 118 Å². The van der Waals surface area contributed by atoms with Crippen molar-refractivity contribution in [1.29, 1.82) is 0 Å². The highest BCUT2D eigenvalue weighted by Crippen LogP contribution is 2.30. The van der Waals surface area contributed by atoms with Gasteiger partial charge in [-0.15, -0.1) is 0 Å². The van der Waals surface area contributed by atoms with Crippen LogP contribution in [0.1, 0.15) is 50.6 Å².